The van der Waals surface area contributed by atoms with Crippen LogP contribution in [0.3, 0.4) is 0 Å². The van der Waals surface area contributed by atoms with E-state index in [2.05, 4.69) is 26.1 Å². The number of allylic oxidation sites excluding steroid dienone is 2. The van der Waals surface area contributed by atoms with Gasteiger partial charge in [-0.15, -0.1) is 0 Å². The summed E-state index contributed by atoms with van der Waals surface area (Å²) < 4.78 is 0. The molecule has 1 aliphatic heterocycles. The standard InChI is InChI=1S/C10H18N2O/c1-5-8-10(7(2)3)11-6-9(13)12(8)4/h7,11H,5-6H2,1-4H3. The third kappa shape index (κ3) is 1.85. The van der Waals surface area contributed by atoms with Gasteiger partial charge in [0.2, 0.25) is 5.91 Å². The van der Waals surface area contributed by atoms with Crippen molar-refractivity contribution in [2.45, 2.75) is 27.2 Å². The number of hydrogen-bond donors (Lipinski definition) is 1. The summed E-state index contributed by atoms with van der Waals surface area (Å²) in [5, 5.41) is 3.19. The summed E-state index contributed by atoms with van der Waals surface area (Å²) in [5.74, 6) is 0.617. The highest BCUT2D eigenvalue weighted by Crippen LogP contribution is 2.20. The van der Waals surface area contributed by atoms with Crippen molar-refractivity contribution in [3.63, 3.8) is 0 Å². The van der Waals surface area contributed by atoms with Crippen molar-refractivity contribution in [2.24, 2.45) is 5.92 Å². The maximum Gasteiger partial charge on any atom is 0.245 e. The van der Waals surface area contributed by atoms with Crippen molar-refractivity contribution < 1.29 is 4.79 Å². The van der Waals surface area contributed by atoms with Crippen LogP contribution in [-0.4, -0.2) is 24.4 Å². The molecule has 1 heterocycles. The van der Waals surface area contributed by atoms with E-state index in [0.717, 1.165) is 12.1 Å². The second-order valence-electron chi connectivity index (χ2n) is 3.67. The van der Waals surface area contributed by atoms with Crippen LogP contribution in [0.25, 0.3) is 0 Å². The smallest absolute Gasteiger partial charge is 0.245 e. The van der Waals surface area contributed by atoms with E-state index in [4.69, 9.17) is 0 Å². The van der Waals surface area contributed by atoms with Crippen molar-refractivity contribution in [1.29, 1.82) is 0 Å². The third-order valence-corrected chi connectivity index (χ3v) is 2.43. The first-order chi connectivity index (χ1) is 6.07. The zero-order chi connectivity index (χ0) is 10.0. The van der Waals surface area contributed by atoms with Crippen molar-refractivity contribution in [3.8, 4) is 0 Å². The van der Waals surface area contributed by atoms with E-state index in [1.807, 2.05) is 7.05 Å². The molecule has 1 aliphatic rings. The minimum atomic E-state index is 0.154. The van der Waals surface area contributed by atoms with E-state index in [1.54, 1.807) is 4.90 Å². The molecule has 0 saturated heterocycles. The molecular weight excluding hydrogens is 164 g/mol. The molecule has 0 radical (unpaired) electrons. The van der Waals surface area contributed by atoms with Crippen molar-refractivity contribution >= 4 is 5.91 Å². The second kappa shape index (κ2) is 3.81. The first kappa shape index (κ1) is 10.1. The van der Waals surface area contributed by atoms with Gasteiger partial charge in [-0.1, -0.05) is 20.8 Å². The Morgan fingerprint density at radius 2 is 2.15 bits per heavy atom. The predicted octanol–water partition coefficient (Wildman–Crippen LogP) is 1.33. The fourth-order valence-corrected chi connectivity index (χ4v) is 1.69. The molecule has 0 aliphatic carbocycles. The van der Waals surface area contributed by atoms with Crippen LogP contribution in [0.15, 0.2) is 11.4 Å². The molecule has 0 atom stereocenters. The molecule has 0 aromatic carbocycles. The molecule has 1 rings (SSSR count). The summed E-state index contributed by atoms with van der Waals surface area (Å²) in [6.07, 6.45) is 0.906. The molecule has 0 bridgehead atoms. The monoisotopic (exact) mass is 182 g/mol. The van der Waals surface area contributed by atoms with Crippen molar-refractivity contribution in [1.82, 2.24) is 10.2 Å². The number of likely N-dealkylation sites (N-methyl/N-ethyl adjacent to an activating group) is 1. The van der Waals surface area contributed by atoms with E-state index in [1.165, 1.54) is 5.70 Å². The quantitative estimate of drug-likeness (QED) is 0.698. The topological polar surface area (TPSA) is 32.3 Å². The number of nitrogens with one attached hydrogen (secondary N) is 1. The summed E-state index contributed by atoms with van der Waals surface area (Å²) >= 11 is 0. The number of hydrogen-bond acceptors (Lipinski definition) is 2. The summed E-state index contributed by atoms with van der Waals surface area (Å²) in [6.45, 7) is 6.80. The first-order valence-corrected chi connectivity index (χ1v) is 4.81. The number of rotatable bonds is 2. The van der Waals surface area contributed by atoms with E-state index >= 15 is 0 Å². The molecule has 3 nitrogen and oxygen atoms in total. The molecular formula is C10H18N2O. The molecule has 0 saturated carbocycles. The zero-order valence-corrected chi connectivity index (χ0v) is 8.85. The van der Waals surface area contributed by atoms with Gasteiger partial charge in [0.1, 0.15) is 0 Å². The van der Waals surface area contributed by atoms with Gasteiger partial charge in [0, 0.05) is 18.4 Å². The molecule has 1 amide bonds. The van der Waals surface area contributed by atoms with Crippen LogP contribution < -0.4 is 5.32 Å². The number of amides is 1. The van der Waals surface area contributed by atoms with Gasteiger partial charge in [0.25, 0.3) is 0 Å². The van der Waals surface area contributed by atoms with Gasteiger partial charge in [-0.2, -0.15) is 0 Å². The van der Waals surface area contributed by atoms with Gasteiger partial charge in [0.15, 0.2) is 0 Å². The summed E-state index contributed by atoms with van der Waals surface area (Å²) in [5.41, 5.74) is 2.34. The fraction of sp³-hybridized carbons (Fsp3) is 0.700. The molecule has 0 fully saturated rings. The van der Waals surface area contributed by atoms with Crippen molar-refractivity contribution in [3.05, 3.63) is 11.4 Å². The van der Waals surface area contributed by atoms with E-state index in [0.29, 0.717) is 12.5 Å². The lowest BCUT2D eigenvalue weighted by atomic mass is 10.0. The molecule has 13 heavy (non-hydrogen) atoms. The molecule has 3 heteroatoms. The lowest BCUT2D eigenvalue weighted by molar-refractivity contribution is -0.128. The Balaban J connectivity index is 2.99. The Morgan fingerprint density at radius 3 is 2.62 bits per heavy atom. The van der Waals surface area contributed by atoms with Crippen LogP contribution in [-0.2, 0) is 4.79 Å². The summed E-state index contributed by atoms with van der Waals surface area (Å²) in [6, 6.07) is 0. The molecule has 0 unspecified atom stereocenters. The first-order valence-electron chi connectivity index (χ1n) is 4.81. The highest BCUT2D eigenvalue weighted by atomic mass is 16.2. The lowest BCUT2D eigenvalue weighted by Gasteiger charge is -2.31. The number of nitrogens with zero attached hydrogens (tertiary/aromatic N) is 1. The number of carbonyl (C=O) groups is 1. The molecule has 1 N–H and O–H groups in total. The van der Waals surface area contributed by atoms with Crippen LogP contribution in [0, 0.1) is 5.92 Å². The molecule has 74 valence electrons. The van der Waals surface area contributed by atoms with E-state index in [-0.39, 0.29) is 5.91 Å². The van der Waals surface area contributed by atoms with Crippen LogP contribution in [0.4, 0.5) is 0 Å². The van der Waals surface area contributed by atoms with Crippen LogP contribution in [0.1, 0.15) is 27.2 Å². The minimum Gasteiger partial charge on any atom is -0.378 e. The average Bonchev–Trinajstić information content (AvgIpc) is 2.09. The third-order valence-electron chi connectivity index (χ3n) is 2.43. The van der Waals surface area contributed by atoms with Gasteiger partial charge < -0.3 is 10.2 Å². The summed E-state index contributed by atoms with van der Waals surface area (Å²) in [7, 11) is 1.85. The average molecular weight is 182 g/mol. The number of carbonyl (C=O) groups excluding carboxylic acids is 1. The second-order valence-corrected chi connectivity index (χ2v) is 3.67. The Bertz CT molecular complexity index is 243. The predicted molar refractivity (Wildman–Crippen MR) is 52.9 cm³/mol. The fourth-order valence-electron chi connectivity index (χ4n) is 1.69. The largest absolute Gasteiger partial charge is 0.378 e. The normalized spacial score (nSPS) is 18.2. The molecule has 0 spiro atoms. The van der Waals surface area contributed by atoms with E-state index < -0.39 is 0 Å². The van der Waals surface area contributed by atoms with Gasteiger partial charge in [0.05, 0.1) is 6.54 Å². The minimum absolute atomic E-state index is 0.154. The Hall–Kier alpha value is -0.990. The Kier molecular flexibility index (Phi) is 2.96. The Morgan fingerprint density at radius 1 is 1.54 bits per heavy atom. The van der Waals surface area contributed by atoms with E-state index in [9.17, 15) is 4.79 Å². The molecule has 0 aromatic rings. The SMILES string of the molecule is CCC1=C(C(C)C)NCC(=O)N1C. The zero-order valence-electron chi connectivity index (χ0n) is 8.85. The van der Waals surface area contributed by atoms with Gasteiger partial charge in [-0.05, 0) is 12.3 Å². The van der Waals surface area contributed by atoms with Gasteiger partial charge in [-0.3, -0.25) is 4.79 Å². The van der Waals surface area contributed by atoms with Gasteiger partial charge >= 0.3 is 0 Å². The van der Waals surface area contributed by atoms with Crippen LogP contribution in [0.5, 0.6) is 0 Å². The summed E-state index contributed by atoms with van der Waals surface area (Å²) in [4.78, 5) is 13.1. The van der Waals surface area contributed by atoms with Gasteiger partial charge in [-0.25, -0.2) is 0 Å². The maximum atomic E-state index is 11.4. The van der Waals surface area contributed by atoms with Crippen LogP contribution >= 0.6 is 0 Å². The highest BCUT2D eigenvalue weighted by Gasteiger charge is 2.22. The highest BCUT2D eigenvalue weighted by molar-refractivity contribution is 5.81. The van der Waals surface area contributed by atoms with Crippen LogP contribution in [0.2, 0.25) is 0 Å². The maximum absolute atomic E-state index is 11.4. The Labute approximate surface area is 79.8 Å². The lowest BCUT2D eigenvalue weighted by Crippen LogP contribution is -2.42. The molecule has 0 aromatic heterocycles. The van der Waals surface area contributed by atoms with Crippen molar-refractivity contribution in [2.75, 3.05) is 13.6 Å².